The molecule has 0 radical (unpaired) electrons. The molecule has 0 unspecified atom stereocenters. The lowest BCUT2D eigenvalue weighted by Crippen LogP contribution is -2.38. The molecule has 2 aromatic rings. The second-order valence-corrected chi connectivity index (χ2v) is 10.6. The first kappa shape index (κ1) is 24.6. The number of benzene rings is 1. The van der Waals surface area contributed by atoms with E-state index in [4.69, 9.17) is 4.98 Å². The van der Waals surface area contributed by atoms with E-state index in [1.807, 2.05) is 30.3 Å². The van der Waals surface area contributed by atoms with Gasteiger partial charge in [-0.1, -0.05) is 49.6 Å². The highest BCUT2D eigenvalue weighted by atomic mass is 32.2. The highest BCUT2D eigenvalue weighted by molar-refractivity contribution is 7.99. The first-order chi connectivity index (χ1) is 16.6. The molecule has 182 valence electrons. The number of aliphatic carboxylic acids is 1. The van der Waals surface area contributed by atoms with Crippen LogP contribution in [0, 0.1) is 5.92 Å². The quantitative estimate of drug-likeness (QED) is 0.481. The Morgan fingerprint density at radius 1 is 1.03 bits per heavy atom. The van der Waals surface area contributed by atoms with Crippen molar-refractivity contribution in [3.8, 4) is 0 Å². The Morgan fingerprint density at radius 3 is 2.59 bits per heavy atom. The normalized spacial score (nSPS) is 19.1. The van der Waals surface area contributed by atoms with Gasteiger partial charge in [-0.3, -0.25) is 9.59 Å². The van der Waals surface area contributed by atoms with Gasteiger partial charge in [-0.05, 0) is 55.7 Å². The monoisotopic (exact) mass is 481 g/mol. The predicted molar refractivity (Wildman–Crippen MR) is 137 cm³/mol. The second-order valence-electron chi connectivity index (χ2n) is 9.47. The van der Waals surface area contributed by atoms with Crippen LogP contribution in [0.25, 0.3) is 0 Å². The average Bonchev–Trinajstić information content (AvgIpc) is 2.85. The van der Waals surface area contributed by atoms with Gasteiger partial charge in [0.25, 0.3) is 5.91 Å². The highest BCUT2D eigenvalue weighted by Crippen LogP contribution is 2.29. The predicted octanol–water partition coefficient (Wildman–Crippen LogP) is 5.17. The molecule has 2 heterocycles. The van der Waals surface area contributed by atoms with E-state index >= 15 is 0 Å². The minimum atomic E-state index is -0.744. The number of carboxylic acid groups (broad SMARTS) is 1. The van der Waals surface area contributed by atoms with Crippen LogP contribution in [0.5, 0.6) is 0 Å². The Bertz CT molecular complexity index is 963. The molecule has 4 rings (SSSR count). The van der Waals surface area contributed by atoms with Crippen LogP contribution in [0.1, 0.15) is 67.3 Å². The van der Waals surface area contributed by atoms with Gasteiger partial charge in [0.05, 0.1) is 5.56 Å². The zero-order chi connectivity index (χ0) is 23.8. The summed E-state index contributed by atoms with van der Waals surface area (Å²) in [4.78, 5) is 31.5. The van der Waals surface area contributed by atoms with Gasteiger partial charge in [0.15, 0.2) is 0 Å². The Hall–Kier alpha value is -2.54. The molecule has 1 aliphatic carbocycles. The number of aromatic nitrogens is 1. The van der Waals surface area contributed by atoms with Crippen molar-refractivity contribution in [3.63, 3.8) is 0 Å². The molecule has 2 fully saturated rings. The molecule has 6 nitrogen and oxygen atoms in total. The van der Waals surface area contributed by atoms with Crippen molar-refractivity contribution >= 4 is 29.5 Å². The van der Waals surface area contributed by atoms with Gasteiger partial charge in [-0.2, -0.15) is 0 Å². The van der Waals surface area contributed by atoms with E-state index in [0.717, 1.165) is 55.2 Å². The van der Waals surface area contributed by atoms with Gasteiger partial charge >= 0.3 is 5.97 Å². The molecule has 2 aliphatic rings. The molecule has 0 bridgehead atoms. The number of nitrogens with one attached hydrogen (secondary N) is 1. The van der Waals surface area contributed by atoms with Crippen LogP contribution in [-0.2, 0) is 11.2 Å². The van der Waals surface area contributed by atoms with Crippen molar-refractivity contribution in [2.24, 2.45) is 5.92 Å². The second kappa shape index (κ2) is 12.2. The number of pyridine rings is 1. The molecule has 1 atom stereocenters. The van der Waals surface area contributed by atoms with Crippen LogP contribution in [0.2, 0.25) is 0 Å². The number of carbonyl (C=O) groups is 2. The number of piperidine rings is 1. The van der Waals surface area contributed by atoms with E-state index in [9.17, 15) is 14.7 Å². The van der Waals surface area contributed by atoms with Crippen molar-refractivity contribution in [2.45, 2.75) is 68.9 Å². The molecule has 1 aromatic carbocycles. The van der Waals surface area contributed by atoms with Crippen LogP contribution < -0.4 is 10.2 Å². The molecule has 1 amide bonds. The molecule has 34 heavy (non-hydrogen) atoms. The first-order valence-corrected chi connectivity index (χ1v) is 13.5. The SMILES string of the molecule is O=C(O)C[C@@H]1CCCN(c2ccc(C(=O)NC3CCCCC3)c(SCCc3ccccc3)n2)C1. The number of carboxylic acids is 1. The summed E-state index contributed by atoms with van der Waals surface area (Å²) in [5.74, 6) is 1.04. The van der Waals surface area contributed by atoms with Crippen LogP contribution in [0.3, 0.4) is 0 Å². The van der Waals surface area contributed by atoms with Gasteiger partial charge < -0.3 is 15.3 Å². The number of anilines is 1. The van der Waals surface area contributed by atoms with Crippen molar-refractivity contribution < 1.29 is 14.7 Å². The number of rotatable bonds is 9. The number of aryl methyl sites for hydroxylation is 1. The third kappa shape index (κ3) is 6.98. The summed E-state index contributed by atoms with van der Waals surface area (Å²) in [5, 5.41) is 13.2. The molecule has 7 heteroatoms. The van der Waals surface area contributed by atoms with E-state index in [1.165, 1.54) is 24.8 Å². The van der Waals surface area contributed by atoms with Crippen molar-refractivity contribution in [1.29, 1.82) is 0 Å². The molecule has 2 N–H and O–H groups in total. The van der Waals surface area contributed by atoms with Crippen molar-refractivity contribution in [1.82, 2.24) is 10.3 Å². The molecule has 1 aromatic heterocycles. The maximum atomic E-state index is 13.2. The Balaban J connectivity index is 1.49. The van der Waals surface area contributed by atoms with Crippen LogP contribution in [-0.4, -0.2) is 46.9 Å². The fourth-order valence-electron chi connectivity index (χ4n) is 5.00. The topological polar surface area (TPSA) is 82.5 Å². The van der Waals surface area contributed by atoms with E-state index in [2.05, 4.69) is 22.3 Å². The summed E-state index contributed by atoms with van der Waals surface area (Å²) >= 11 is 1.63. The summed E-state index contributed by atoms with van der Waals surface area (Å²) in [6.07, 6.45) is 8.69. The zero-order valence-corrected chi connectivity index (χ0v) is 20.6. The largest absolute Gasteiger partial charge is 0.481 e. The Labute approximate surface area is 206 Å². The third-order valence-corrected chi connectivity index (χ3v) is 7.80. The lowest BCUT2D eigenvalue weighted by Gasteiger charge is -2.33. The van der Waals surface area contributed by atoms with E-state index < -0.39 is 5.97 Å². The minimum absolute atomic E-state index is 0.0319. The number of hydrogen-bond donors (Lipinski definition) is 2. The summed E-state index contributed by atoms with van der Waals surface area (Å²) in [7, 11) is 0. The maximum absolute atomic E-state index is 13.2. The van der Waals surface area contributed by atoms with Gasteiger partial charge in [-0.25, -0.2) is 4.98 Å². The first-order valence-electron chi connectivity index (χ1n) is 12.5. The van der Waals surface area contributed by atoms with Gasteiger partial charge in [0.2, 0.25) is 0 Å². The fraction of sp³-hybridized carbons (Fsp3) is 0.519. The van der Waals surface area contributed by atoms with E-state index in [1.54, 1.807) is 11.8 Å². The average molecular weight is 482 g/mol. The summed E-state index contributed by atoms with van der Waals surface area (Å²) < 4.78 is 0. The smallest absolute Gasteiger partial charge is 0.303 e. The molecule has 1 aliphatic heterocycles. The van der Waals surface area contributed by atoms with Crippen molar-refractivity contribution in [3.05, 3.63) is 53.6 Å². The van der Waals surface area contributed by atoms with Gasteiger partial charge in [-0.15, -0.1) is 11.8 Å². The van der Waals surface area contributed by atoms with Gasteiger partial charge in [0, 0.05) is 31.3 Å². The summed E-state index contributed by atoms with van der Waals surface area (Å²) in [6, 6.07) is 14.5. The number of hydrogen-bond acceptors (Lipinski definition) is 5. The Kier molecular flexibility index (Phi) is 8.85. The summed E-state index contributed by atoms with van der Waals surface area (Å²) in [6.45, 7) is 1.56. The highest BCUT2D eigenvalue weighted by Gasteiger charge is 2.25. The Morgan fingerprint density at radius 2 is 1.82 bits per heavy atom. The molecular formula is C27H35N3O3S. The van der Waals surface area contributed by atoms with E-state index in [-0.39, 0.29) is 24.3 Å². The van der Waals surface area contributed by atoms with Crippen LogP contribution in [0.4, 0.5) is 5.82 Å². The third-order valence-electron chi connectivity index (χ3n) is 6.81. The zero-order valence-electron chi connectivity index (χ0n) is 19.7. The lowest BCUT2D eigenvalue weighted by atomic mass is 9.95. The van der Waals surface area contributed by atoms with Gasteiger partial charge in [0.1, 0.15) is 10.8 Å². The number of thioether (sulfide) groups is 1. The lowest BCUT2D eigenvalue weighted by molar-refractivity contribution is -0.138. The van der Waals surface area contributed by atoms with Crippen LogP contribution in [0.15, 0.2) is 47.5 Å². The molecule has 0 spiro atoms. The summed E-state index contributed by atoms with van der Waals surface area (Å²) in [5.41, 5.74) is 1.92. The number of carbonyl (C=O) groups excluding carboxylic acids is 1. The fourth-order valence-corrected chi connectivity index (χ4v) is 6.00. The standard InChI is InChI=1S/C27H35N3O3S/c31-25(32)18-21-10-7-16-30(19-21)24-14-13-23(26(33)28-22-11-5-2-6-12-22)27(29-24)34-17-15-20-8-3-1-4-9-20/h1,3-4,8-9,13-14,21-22H,2,5-7,10-12,15-19H2,(H,28,33)(H,31,32)/t21-/m0/s1. The number of amides is 1. The molecular weight excluding hydrogens is 446 g/mol. The van der Waals surface area contributed by atoms with E-state index in [0.29, 0.717) is 12.1 Å². The molecule has 1 saturated heterocycles. The minimum Gasteiger partial charge on any atom is -0.481 e. The van der Waals surface area contributed by atoms with Crippen molar-refractivity contribution in [2.75, 3.05) is 23.7 Å². The number of nitrogens with zero attached hydrogens (tertiary/aromatic N) is 2. The maximum Gasteiger partial charge on any atom is 0.303 e. The van der Waals surface area contributed by atoms with Crippen LogP contribution >= 0.6 is 11.8 Å². The molecule has 1 saturated carbocycles.